The molecule has 2 aromatic carbocycles. The topological polar surface area (TPSA) is 41.1 Å². The van der Waals surface area contributed by atoms with E-state index in [9.17, 15) is 9.18 Å². The Bertz CT molecular complexity index is 657. The first-order chi connectivity index (χ1) is 10.6. The fraction of sp³-hybridized carbons (Fsp3) is 0.125. The van der Waals surface area contributed by atoms with E-state index in [0.29, 0.717) is 12.1 Å². The minimum Gasteiger partial charge on any atom is -0.358 e. The zero-order chi connectivity index (χ0) is 15.9. The Balaban J connectivity index is 1.84. The summed E-state index contributed by atoms with van der Waals surface area (Å²) in [4.78, 5) is 13.1. The first-order valence-electron chi connectivity index (χ1n) is 6.56. The van der Waals surface area contributed by atoms with Crippen molar-refractivity contribution in [2.75, 3.05) is 6.26 Å². The van der Waals surface area contributed by atoms with Gasteiger partial charge in [0.15, 0.2) is 5.11 Å². The van der Waals surface area contributed by atoms with Crippen LogP contribution in [0.25, 0.3) is 0 Å². The second-order valence-electron chi connectivity index (χ2n) is 4.49. The number of nitrogens with one attached hydrogen (secondary N) is 2. The molecule has 0 fully saturated rings. The van der Waals surface area contributed by atoms with Gasteiger partial charge in [0.25, 0.3) is 5.91 Å². The molecule has 2 aromatic rings. The highest BCUT2D eigenvalue weighted by Crippen LogP contribution is 2.14. The minimum atomic E-state index is -0.383. The Hall–Kier alpha value is -1.92. The maximum absolute atomic E-state index is 12.8. The molecule has 0 bridgehead atoms. The number of thiocarbonyl (C=S) groups is 1. The summed E-state index contributed by atoms with van der Waals surface area (Å²) >= 11 is 6.76. The normalized spacial score (nSPS) is 10.1. The number of amides is 1. The molecule has 0 atom stereocenters. The third-order valence-corrected chi connectivity index (χ3v) is 3.94. The molecule has 0 aliphatic heterocycles. The predicted molar refractivity (Wildman–Crippen MR) is 91.5 cm³/mol. The van der Waals surface area contributed by atoms with Crippen molar-refractivity contribution in [1.29, 1.82) is 0 Å². The Kier molecular flexibility index (Phi) is 5.91. The van der Waals surface area contributed by atoms with Crippen molar-refractivity contribution < 1.29 is 9.18 Å². The molecule has 0 aliphatic rings. The Labute approximate surface area is 138 Å². The van der Waals surface area contributed by atoms with Crippen LogP contribution in [0.3, 0.4) is 0 Å². The summed E-state index contributed by atoms with van der Waals surface area (Å²) in [6, 6.07) is 13.4. The smallest absolute Gasteiger partial charge is 0.257 e. The largest absolute Gasteiger partial charge is 0.358 e. The van der Waals surface area contributed by atoms with Crippen molar-refractivity contribution in [1.82, 2.24) is 10.6 Å². The van der Waals surface area contributed by atoms with E-state index in [-0.39, 0.29) is 16.8 Å². The van der Waals surface area contributed by atoms with Crippen LogP contribution in [0.1, 0.15) is 15.9 Å². The van der Waals surface area contributed by atoms with Gasteiger partial charge in [0.1, 0.15) is 5.82 Å². The van der Waals surface area contributed by atoms with E-state index in [0.717, 1.165) is 5.56 Å². The van der Waals surface area contributed by atoms with E-state index in [1.54, 1.807) is 11.8 Å². The molecule has 0 aliphatic carbocycles. The average molecular weight is 334 g/mol. The first-order valence-corrected chi connectivity index (χ1v) is 8.19. The van der Waals surface area contributed by atoms with Crippen LogP contribution < -0.4 is 10.6 Å². The number of carbonyl (C=O) groups is 1. The third kappa shape index (κ3) is 4.82. The molecule has 6 heteroatoms. The highest BCUT2D eigenvalue weighted by Gasteiger charge is 2.07. The van der Waals surface area contributed by atoms with Crippen molar-refractivity contribution >= 4 is 35.0 Å². The summed E-state index contributed by atoms with van der Waals surface area (Å²) < 4.78 is 12.8. The second-order valence-corrected chi connectivity index (χ2v) is 5.78. The number of rotatable bonds is 4. The molecule has 0 radical (unpaired) electrons. The number of hydrogen-bond acceptors (Lipinski definition) is 3. The first kappa shape index (κ1) is 16.5. The van der Waals surface area contributed by atoms with Crippen LogP contribution >= 0.6 is 24.0 Å². The van der Waals surface area contributed by atoms with Crippen LogP contribution in [-0.4, -0.2) is 17.3 Å². The van der Waals surface area contributed by atoms with E-state index in [2.05, 4.69) is 10.6 Å². The summed E-state index contributed by atoms with van der Waals surface area (Å²) in [5.74, 6) is -0.749. The molecular formula is C16H15FN2OS2. The molecule has 2 rings (SSSR count). The zero-order valence-corrected chi connectivity index (χ0v) is 13.6. The fourth-order valence-corrected chi connectivity index (χ4v) is 2.32. The molecule has 0 aromatic heterocycles. The lowest BCUT2D eigenvalue weighted by atomic mass is 10.2. The maximum atomic E-state index is 12.8. The number of thioether (sulfide) groups is 1. The van der Waals surface area contributed by atoms with Crippen LogP contribution in [0.4, 0.5) is 4.39 Å². The van der Waals surface area contributed by atoms with Gasteiger partial charge in [-0.05, 0) is 60.4 Å². The van der Waals surface area contributed by atoms with Crippen molar-refractivity contribution in [3.8, 4) is 0 Å². The van der Waals surface area contributed by atoms with Gasteiger partial charge in [0, 0.05) is 17.0 Å². The molecule has 114 valence electrons. The molecule has 0 saturated carbocycles. The van der Waals surface area contributed by atoms with Crippen LogP contribution in [-0.2, 0) is 6.54 Å². The minimum absolute atomic E-state index is 0.239. The molecule has 22 heavy (non-hydrogen) atoms. The van der Waals surface area contributed by atoms with Gasteiger partial charge in [-0.3, -0.25) is 10.1 Å². The lowest BCUT2D eigenvalue weighted by Gasteiger charge is -2.10. The van der Waals surface area contributed by atoms with E-state index in [1.807, 2.05) is 30.5 Å². The summed E-state index contributed by atoms with van der Waals surface area (Å²) in [6.45, 7) is 0.525. The SMILES string of the molecule is CSc1ccc(CNC(=S)NC(=O)c2ccc(F)cc2)cc1. The van der Waals surface area contributed by atoms with Crippen molar-refractivity contribution in [2.24, 2.45) is 0 Å². The molecule has 0 heterocycles. The summed E-state index contributed by atoms with van der Waals surface area (Å²) in [7, 11) is 0. The van der Waals surface area contributed by atoms with Crippen LogP contribution in [0.15, 0.2) is 53.4 Å². The van der Waals surface area contributed by atoms with Gasteiger partial charge >= 0.3 is 0 Å². The monoisotopic (exact) mass is 334 g/mol. The molecular weight excluding hydrogens is 319 g/mol. The third-order valence-electron chi connectivity index (χ3n) is 2.95. The molecule has 1 amide bonds. The van der Waals surface area contributed by atoms with Crippen LogP contribution in [0, 0.1) is 5.82 Å². The quantitative estimate of drug-likeness (QED) is 0.665. The molecule has 0 spiro atoms. The maximum Gasteiger partial charge on any atom is 0.257 e. The molecule has 2 N–H and O–H groups in total. The molecule has 3 nitrogen and oxygen atoms in total. The van der Waals surface area contributed by atoms with Gasteiger partial charge < -0.3 is 5.32 Å². The van der Waals surface area contributed by atoms with Gasteiger partial charge in [-0.15, -0.1) is 11.8 Å². The van der Waals surface area contributed by atoms with Crippen LogP contribution in [0.2, 0.25) is 0 Å². The van der Waals surface area contributed by atoms with Gasteiger partial charge in [-0.1, -0.05) is 12.1 Å². The number of hydrogen-bond donors (Lipinski definition) is 2. The number of halogens is 1. The highest BCUT2D eigenvalue weighted by atomic mass is 32.2. The van der Waals surface area contributed by atoms with Crippen molar-refractivity contribution in [3.05, 3.63) is 65.5 Å². The molecule has 0 unspecified atom stereocenters. The van der Waals surface area contributed by atoms with Crippen molar-refractivity contribution in [2.45, 2.75) is 11.4 Å². The number of carbonyl (C=O) groups excluding carboxylic acids is 1. The van der Waals surface area contributed by atoms with E-state index in [1.165, 1.54) is 29.2 Å². The standard InChI is InChI=1S/C16H15FN2OS2/c1-22-14-8-2-11(3-9-14)10-18-16(21)19-15(20)12-4-6-13(17)7-5-12/h2-9H,10H2,1H3,(H2,18,19,20,21). The van der Waals surface area contributed by atoms with Gasteiger partial charge in [0.2, 0.25) is 0 Å². The summed E-state index contributed by atoms with van der Waals surface area (Å²) in [5, 5.41) is 5.77. The van der Waals surface area contributed by atoms with E-state index >= 15 is 0 Å². The predicted octanol–water partition coefficient (Wildman–Crippen LogP) is 3.35. The summed E-state index contributed by atoms with van der Waals surface area (Å²) in [6.07, 6.45) is 2.02. The Morgan fingerprint density at radius 1 is 1.14 bits per heavy atom. The van der Waals surface area contributed by atoms with Gasteiger partial charge in [-0.25, -0.2) is 4.39 Å². The molecule has 0 saturated heterocycles. The van der Waals surface area contributed by atoms with Gasteiger partial charge in [-0.2, -0.15) is 0 Å². The Morgan fingerprint density at radius 3 is 2.36 bits per heavy atom. The van der Waals surface area contributed by atoms with Crippen LogP contribution in [0.5, 0.6) is 0 Å². The average Bonchev–Trinajstić information content (AvgIpc) is 2.54. The van der Waals surface area contributed by atoms with E-state index in [4.69, 9.17) is 12.2 Å². The van der Waals surface area contributed by atoms with E-state index < -0.39 is 0 Å². The zero-order valence-electron chi connectivity index (χ0n) is 11.9. The second kappa shape index (κ2) is 7.91. The van der Waals surface area contributed by atoms with Gasteiger partial charge in [0.05, 0.1) is 0 Å². The lowest BCUT2D eigenvalue weighted by molar-refractivity contribution is 0.0976. The Morgan fingerprint density at radius 2 is 1.77 bits per heavy atom. The lowest BCUT2D eigenvalue weighted by Crippen LogP contribution is -2.38. The highest BCUT2D eigenvalue weighted by molar-refractivity contribution is 7.98. The number of benzene rings is 2. The summed E-state index contributed by atoms with van der Waals surface area (Å²) in [5.41, 5.74) is 1.42. The van der Waals surface area contributed by atoms with Crippen molar-refractivity contribution in [3.63, 3.8) is 0 Å². The fourth-order valence-electron chi connectivity index (χ4n) is 1.75.